The topological polar surface area (TPSA) is 60.4 Å². The van der Waals surface area contributed by atoms with Gasteiger partial charge in [-0.1, -0.05) is 0 Å². The summed E-state index contributed by atoms with van der Waals surface area (Å²) in [4.78, 5) is 9.99. The Bertz CT molecular complexity index is 112. The molecule has 0 aliphatic heterocycles. The molecule has 1 unspecified atom stereocenters. The molecule has 0 aromatic heterocycles. The lowest BCUT2D eigenvalue weighted by Gasteiger charge is -2.11. The predicted molar refractivity (Wildman–Crippen MR) is 27.3 cm³/mol. The molecule has 0 aliphatic carbocycles. The van der Waals surface area contributed by atoms with Crippen molar-refractivity contribution in [3.63, 3.8) is 0 Å². The Labute approximate surface area is 54.0 Å². The molecule has 0 rings (SSSR count). The van der Waals surface area contributed by atoms with Crippen LogP contribution in [0.3, 0.4) is 0 Å². The molecule has 0 bridgehead atoms. The second kappa shape index (κ2) is 3.01. The van der Waals surface area contributed by atoms with Crippen LogP contribution in [0.25, 0.3) is 0 Å². The highest BCUT2D eigenvalue weighted by Gasteiger charge is 2.02. The summed E-state index contributed by atoms with van der Waals surface area (Å²) in [6, 6.07) is 0. The fourth-order valence-electron chi connectivity index (χ4n) is 0.105. The van der Waals surface area contributed by atoms with Crippen LogP contribution < -0.4 is 0 Å². The van der Waals surface area contributed by atoms with Crippen LogP contribution in [0, 0.1) is 0 Å². The number of hydrogen-bond donors (Lipinski definition) is 0. The smallest absolute Gasteiger partial charge is 0.245 e. The first-order valence-electron chi connectivity index (χ1n) is 1.61. The molecule has 0 N–H and O–H groups in total. The van der Waals surface area contributed by atoms with Gasteiger partial charge in [0.1, 0.15) is 0 Å². The van der Waals surface area contributed by atoms with Crippen LogP contribution in [0.4, 0.5) is 0 Å². The van der Waals surface area contributed by atoms with Crippen LogP contribution in [-0.4, -0.2) is 18.5 Å². The first-order valence-corrected chi connectivity index (χ1v) is 2.98. The number of halogens is 1. The molecular formula is C2H3ClNO3S-. The maximum absolute atomic E-state index is 9.99. The number of rotatable bonds is 1. The highest BCUT2D eigenvalue weighted by Crippen LogP contribution is 1.95. The minimum atomic E-state index is -2.64. The summed E-state index contributed by atoms with van der Waals surface area (Å²) >= 11 is 2.18. The Hall–Kier alpha value is -0.130. The lowest BCUT2D eigenvalue weighted by molar-refractivity contribution is -0.121. The summed E-state index contributed by atoms with van der Waals surface area (Å²) in [5, 5.41) is 0. The molecular weight excluding hydrogens is 154 g/mol. The molecule has 0 spiro atoms. The van der Waals surface area contributed by atoms with Gasteiger partial charge >= 0.3 is 0 Å². The van der Waals surface area contributed by atoms with Crippen molar-refractivity contribution >= 4 is 29.0 Å². The Kier molecular flexibility index (Phi) is 2.96. The van der Waals surface area contributed by atoms with E-state index in [9.17, 15) is 13.6 Å². The highest BCUT2D eigenvalue weighted by atomic mass is 35.5. The zero-order valence-electron chi connectivity index (χ0n) is 3.96. The molecule has 48 valence electrons. The molecule has 0 heterocycles. The van der Waals surface area contributed by atoms with Gasteiger partial charge in [-0.25, -0.2) is 0 Å². The standard InChI is InChI=1S/C2H4ClNO3S/c1-2(5)4(3)8(6)7/h1H3,(H,6,7)/p-1. The molecule has 0 saturated heterocycles. The lowest BCUT2D eigenvalue weighted by Crippen LogP contribution is -2.19. The lowest BCUT2D eigenvalue weighted by atomic mass is 10.8. The third-order valence-corrected chi connectivity index (χ3v) is 1.47. The summed E-state index contributed by atoms with van der Waals surface area (Å²) in [5.41, 5.74) is 0. The van der Waals surface area contributed by atoms with Gasteiger partial charge in [0.15, 0.2) is 0 Å². The molecule has 1 amide bonds. The van der Waals surface area contributed by atoms with E-state index >= 15 is 0 Å². The van der Waals surface area contributed by atoms with Gasteiger partial charge in [0, 0.05) is 18.7 Å². The maximum Gasteiger partial charge on any atom is 0.245 e. The van der Waals surface area contributed by atoms with Gasteiger partial charge in [0.2, 0.25) is 5.91 Å². The second-order valence-electron chi connectivity index (χ2n) is 0.981. The summed E-state index contributed by atoms with van der Waals surface area (Å²) in [5.74, 6) is -0.722. The SMILES string of the molecule is CC(=O)N(Cl)S(=O)[O-]. The van der Waals surface area contributed by atoms with Crippen molar-refractivity contribution in [2.75, 3.05) is 0 Å². The van der Waals surface area contributed by atoms with Crippen LogP contribution in [0.1, 0.15) is 6.92 Å². The fraction of sp³-hybridized carbons (Fsp3) is 0.500. The molecule has 0 fully saturated rings. The van der Waals surface area contributed by atoms with Gasteiger partial charge in [0.05, 0.1) is 11.3 Å². The summed E-state index contributed by atoms with van der Waals surface area (Å²) in [7, 11) is 0. The molecule has 0 saturated carbocycles. The van der Waals surface area contributed by atoms with Crippen molar-refractivity contribution in [1.82, 2.24) is 3.82 Å². The Morgan fingerprint density at radius 1 is 1.88 bits per heavy atom. The van der Waals surface area contributed by atoms with E-state index in [0.29, 0.717) is 0 Å². The van der Waals surface area contributed by atoms with Crippen LogP contribution in [-0.2, 0) is 16.1 Å². The minimum Gasteiger partial charge on any atom is -0.754 e. The predicted octanol–water partition coefficient (Wildman–Crippen LogP) is -0.217. The molecule has 0 aromatic rings. The zero-order valence-corrected chi connectivity index (χ0v) is 5.53. The van der Waals surface area contributed by atoms with Crippen molar-refractivity contribution < 1.29 is 13.6 Å². The molecule has 0 aromatic carbocycles. The molecule has 6 heteroatoms. The second-order valence-corrected chi connectivity index (χ2v) is 2.32. The number of carbonyl (C=O) groups excluding carboxylic acids is 1. The van der Waals surface area contributed by atoms with E-state index in [-0.39, 0.29) is 3.82 Å². The highest BCUT2D eigenvalue weighted by molar-refractivity contribution is 7.78. The monoisotopic (exact) mass is 156 g/mol. The van der Waals surface area contributed by atoms with Gasteiger partial charge in [-0.3, -0.25) is 9.00 Å². The van der Waals surface area contributed by atoms with E-state index in [4.69, 9.17) is 11.8 Å². The van der Waals surface area contributed by atoms with Crippen molar-refractivity contribution in [3.05, 3.63) is 0 Å². The largest absolute Gasteiger partial charge is 0.754 e. The van der Waals surface area contributed by atoms with Crippen LogP contribution in [0.15, 0.2) is 0 Å². The zero-order chi connectivity index (χ0) is 6.73. The molecule has 4 nitrogen and oxygen atoms in total. The molecule has 0 radical (unpaired) electrons. The number of nitrogens with zero attached hydrogens (tertiary/aromatic N) is 1. The van der Waals surface area contributed by atoms with Gasteiger partial charge < -0.3 is 4.55 Å². The number of amides is 1. The Balaban J connectivity index is 3.83. The van der Waals surface area contributed by atoms with E-state index in [1.54, 1.807) is 0 Å². The third kappa shape index (κ3) is 2.25. The Morgan fingerprint density at radius 2 is 2.25 bits per heavy atom. The molecule has 8 heavy (non-hydrogen) atoms. The van der Waals surface area contributed by atoms with Crippen LogP contribution in [0.2, 0.25) is 0 Å². The van der Waals surface area contributed by atoms with E-state index in [1.165, 1.54) is 0 Å². The first-order chi connectivity index (χ1) is 3.55. The fourth-order valence-corrected chi connectivity index (χ4v) is 0.315. The molecule has 1 atom stereocenters. The molecule has 0 aliphatic rings. The first kappa shape index (κ1) is 7.87. The quantitative estimate of drug-likeness (QED) is 0.390. The van der Waals surface area contributed by atoms with Crippen molar-refractivity contribution in [2.45, 2.75) is 6.92 Å². The normalized spacial score (nSPS) is 12.9. The van der Waals surface area contributed by atoms with E-state index < -0.39 is 17.2 Å². The van der Waals surface area contributed by atoms with E-state index in [2.05, 4.69) is 0 Å². The van der Waals surface area contributed by atoms with Crippen molar-refractivity contribution in [1.29, 1.82) is 0 Å². The van der Waals surface area contributed by atoms with Crippen molar-refractivity contribution in [2.24, 2.45) is 0 Å². The minimum absolute atomic E-state index is 0.0833. The summed E-state index contributed by atoms with van der Waals surface area (Å²) in [6.45, 7) is 1.04. The van der Waals surface area contributed by atoms with Gasteiger partial charge in [-0.2, -0.15) is 3.82 Å². The third-order valence-electron chi connectivity index (χ3n) is 0.378. The number of carbonyl (C=O) groups is 1. The van der Waals surface area contributed by atoms with Crippen LogP contribution >= 0.6 is 11.8 Å². The number of hydrogen-bond acceptors (Lipinski definition) is 3. The Morgan fingerprint density at radius 3 is 2.25 bits per heavy atom. The van der Waals surface area contributed by atoms with Gasteiger partial charge in [0.25, 0.3) is 0 Å². The maximum atomic E-state index is 9.99. The van der Waals surface area contributed by atoms with Crippen LogP contribution in [0.5, 0.6) is 0 Å². The van der Waals surface area contributed by atoms with E-state index in [0.717, 1.165) is 6.92 Å². The summed E-state index contributed by atoms with van der Waals surface area (Å²) < 4.78 is 19.5. The van der Waals surface area contributed by atoms with Gasteiger partial charge in [-0.05, 0) is 0 Å². The summed E-state index contributed by atoms with van der Waals surface area (Å²) in [6.07, 6.45) is 0. The average molecular weight is 157 g/mol. The van der Waals surface area contributed by atoms with Crippen molar-refractivity contribution in [3.8, 4) is 0 Å². The van der Waals surface area contributed by atoms with E-state index in [1.807, 2.05) is 0 Å². The van der Waals surface area contributed by atoms with Gasteiger partial charge in [-0.15, -0.1) is 0 Å². The average Bonchev–Trinajstić information content (AvgIpc) is 1.64.